The number of rotatable bonds is 5. The van der Waals surface area contributed by atoms with Gasteiger partial charge < -0.3 is 15.0 Å². The van der Waals surface area contributed by atoms with Crippen LogP contribution in [0.25, 0.3) is 11.3 Å². The molecular formula is C27H31N5O3. The number of benzene rings is 1. The molecule has 8 heteroatoms. The number of carbonyl (C=O) groups is 1. The molecule has 1 atom stereocenters. The third-order valence-electron chi connectivity index (χ3n) is 6.92. The molecule has 1 aliphatic heterocycles. The van der Waals surface area contributed by atoms with Crippen LogP contribution in [-0.2, 0) is 11.8 Å². The lowest BCUT2D eigenvalue weighted by molar-refractivity contribution is 0.0389. The van der Waals surface area contributed by atoms with Gasteiger partial charge in [-0.05, 0) is 42.7 Å². The second-order valence-corrected chi connectivity index (χ2v) is 9.31. The van der Waals surface area contributed by atoms with Crippen LogP contribution in [0.2, 0.25) is 0 Å². The molecule has 1 N–H and O–H groups in total. The number of pyridine rings is 1. The molecule has 2 aromatic heterocycles. The van der Waals surface area contributed by atoms with Crippen molar-refractivity contribution in [2.45, 2.75) is 44.2 Å². The third kappa shape index (κ3) is 5.27. The molecule has 0 spiro atoms. The first-order valence-corrected chi connectivity index (χ1v) is 12.3. The van der Waals surface area contributed by atoms with Gasteiger partial charge in [-0.15, -0.1) is 0 Å². The molecule has 1 aromatic carbocycles. The van der Waals surface area contributed by atoms with Crippen LogP contribution >= 0.6 is 0 Å². The molecule has 0 radical (unpaired) electrons. The quantitative estimate of drug-likeness (QED) is 0.610. The van der Waals surface area contributed by atoms with Gasteiger partial charge in [0, 0.05) is 49.2 Å². The van der Waals surface area contributed by atoms with E-state index in [9.17, 15) is 9.59 Å². The molecule has 8 nitrogen and oxygen atoms in total. The molecule has 3 aromatic rings. The van der Waals surface area contributed by atoms with E-state index in [0.717, 1.165) is 24.0 Å². The fourth-order valence-electron chi connectivity index (χ4n) is 4.88. The Morgan fingerprint density at radius 2 is 1.80 bits per heavy atom. The smallest absolute Gasteiger partial charge is 0.255 e. The predicted octanol–water partition coefficient (Wildman–Crippen LogP) is 3.48. The fourth-order valence-corrected chi connectivity index (χ4v) is 4.88. The minimum absolute atomic E-state index is 0.0123. The number of nitrogens with one attached hydrogen (secondary N) is 1. The van der Waals surface area contributed by atoms with Crippen molar-refractivity contribution in [3.63, 3.8) is 0 Å². The number of amides is 1. The Hall–Kier alpha value is -3.52. The van der Waals surface area contributed by atoms with Crippen molar-refractivity contribution in [2.24, 2.45) is 7.05 Å². The van der Waals surface area contributed by atoms with Crippen LogP contribution in [0.3, 0.4) is 0 Å². The van der Waals surface area contributed by atoms with E-state index in [0.29, 0.717) is 36.9 Å². The summed E-state index contributed by atoms with van der Waals surface area (Å²) in [4.78, 5) is 36.3. The van der Waals surface area contributed by atoms with Gasteiger partial charge in [-0.1, -0.05) is 31.4 Å². The average molecular weight is 474 g/mol. The van der Waals surface area contributed by atoms with Crippen molar-refractivity contribution in [3.05, 3.63) is 76.3 Å². The summed E-state index contributed by atoms with van der Waals surface area (Å²) in [6.07, 6.45) is 8.97. The highest BCUT2D eigenvalue weighted by Gasteiger charge is 2.25. The van der Waals surface area contributed by atoms with Gasteiger partial charge in [0.05, 0.1) is 18.8 Å². The Balaban J connectivity index is 1.31. The predicted molar refractivity (Wildman–Crippen MR) is 134 cm³/mol. The summed E-state index contributed by atoms with van der Waals surface area (Å²) in [6.45, 7) is 1.72. The number of aromatic nitrogens is 3. The standard InChI is InChI=1S/C27H31N5O3/c1-31-25(33)17-23(19-11-13-28-14-12-19)30-27(31)32-15-16-35-24(18-32)20-7-9-21(10-8-20)26(34)29-22-5-3-2-4-6-22/h7-14,17,22,24H,2-6,15-16,18H2,1H3,(H,29,34)/t24-/m1/s1. The molecular weight excluding hydrogens is 442 g/mol. The zero-order valence-electron chi connectivity index (χ0n) is 20.0. The van der Waals surface area contributed by atoms with Crippen molar-refractivity contribution in [2.75, 3.05) is 24.6 Å². The molecule has 5 rings (SSSR count). The largest absolute Gasteiger partial charge is 0.370 e. The summed E-state index contributed by atoms with van der Waals surface area (Å²) in [6, 6.07) is 13.2. The average Bonchev–Trinajstić information content (AvgIpc) is 2.91. The van der Waals surface area contributed by atoms with Crippen molar-refractivity contribution < 1.29 is 9.53 Å². The summed E-state index contributed by atoms with van der Waals surface area (Å²) in [5, 5.41) is 3.17. The van der Waals surface area contributed by atoms with Crippen LogP contribution in [-0.4, -0.2) is 46.2 Å². The van der Waals surface area contributed by atoms with Gasteiger partial charge in [-0.2, -0.15) is 0 Å². The number of carbonyl (C=O) groups excluding carboxylic acids is 1. The molecule has 182 valence electrons. The first-order chi connectivity index (χ1) is 17.1. The Kier molecular flexibility index (Phi) is 6.90. The second kappa shape index (κ2) is 10.4. The number of hydrogen-bond acceptors (Lipinski definition) is 6. The number of nitrogens with zero attached hydrogens (tertiary/aromatic N) is 4. The first kappa shape index (κ1) is 23.2. The van der Waals surface area contributed by atoms with Gasteiger partial charge >= 0.3 is 0 Å². The van der Waals surface area contributed by atoms with Gasteiger partial charge in [0.2, 0.25) is 5.95 Å². The lowest BCUT2D eigenvalue weighted by atomic mass is 9.95. The molecule has 3 heterocycles. The van der Waals surface area contributed by atoms with E-state index < -0.39 is 0 Å². The van der Waals surface area contributed by atoms with Gasteiger partial charge in [-0.25, -0.2) is 4.98 Å². The van der Waals surface area contributed by atoms with Crippen molar-refractivity contribution in [3.8, 4) is 11.3 Å². The first-order valence-electron chi connectivity index (χ1n) is 12.3. The van der Waals surface area contributed by atoms with Crippen LogP contribution in [0.4, 0.5) is 5.95 Å². The monoisotopic (exact) mass is 473 g/mol. The van der Waals surface area contributed by atoms with Gasteiger partial charge in [0.15, 0.2) is 0 Å². The summed E-state index contributed by atoms with van der Waals surface area (Å²) in [7, 11) is 1.74. The molecule has 2 aliphatic rings. The normalized spacial score (nSPS) is 18.9. The van der Waals surface area contributed by atoms with Crippen LogP contribution in [0.5, 0.6) is 0 Å². The number of morpholine rings is 1. The van der Waals surface area contributed by atoms with E-state index in [-0.39, 0.29) is 23.6 Å². The van der Waals surface area contributed by atoms with Crippen LogP contribution in [0, 0.1) is 0 Å². The third-order valence-corrected chi connectivity index (χ3v) is 6.92. The van der Waals surface area contributed by atoms with Crippen LogP contribution < -0.4 is 15.8 Å². The van der Waals surface area contributed by atoms with E-state index in [2.05, 4.69) is 15.2 Å². The van der Waals surface area contributed by atoms with Crippen molar-refractivity contribution >= 4 is 11.9 Å². The summed E-state index contributed by atoms with van der Waals surface area (Å²) >= 11 is 0. The molecule has 0 bridgehead atoms. The van der Waals surface area contributed by atoms with Crippen LogP contribution in [0.15, 0.2) is 59.7 Å². The number of ether oxygens (including phenoxy) is 1. The maximum Gasteiger partial charge on any atom is 0.255 e. The van der Waals surface area contributed by atoms with E-state index in [1.54, 1.807) is 30.1 Å². The SMILES string of the molecule is Cn1c(N2CCO[C@@H](c3ccc(C(=O)NC4CCCCC4)cc3)C2)nc(-c2ccncc2)cc1=O. The number of hydrogen-bond donors (Lipinski definition) is 1. The molecule has 2 fully saturated rings. The Labute approximate surface area is 205 Å². The molecule has 0 unspecified atom stereocenters. The maximum absolute atomic E-state index is 12.7. The minimum Gasteiger partial charge on any atom is -0.370 e. The van der Waals surface area contributed by atoms with Crippen molar-refractivity contribution in [1.82, 2.24) is 19.9 Å². The molecule has 1 amide bonds. The van der Waals surface area contributed by atoms with E-state index in [1.807, 2.05) is 36.4 Å². The molecule has 35 heavy (non-hydrogen) atoms. The summed E-state index contributed by atoms with van der Waals surface area (Å²) < 4.78 is 7.63. The van der Waals surface area contributed by atoms with Gasteiger partial charge in [-0.3, -0.25) is 19.1 Å². The highest BCUT2D eigenvalue weighted by molar-refractivity contribution is 5.94. The summed E-state index contributed by atoms with van der Waals surface area (Å²) in [5.41, 5.74) is 3.03. The fraction of sp³-hybridized carbons (Fsp3) is 0.407. The van der Waals surface area contributed by atoms with E-state index >= 15 is 0 Å². The maximum atomic E-state index is 12.7. The zero-order chi connectivity index (χ0) is 24.2. The molecule has 1 saturated heterocycles. The van der Waals surface area contributed by atoms with E-state index in [4.69, 9.17) is 9.72 Å². The Bertz CT molecular complexity index is 1220. The second-order valence-electron chi connectivity index (χ2n) is 9.31. The molecule has 1 saturated carbocycles. The highest BCUT2D eigenvalue weighted by Crippen LogP contribution is 2.26. The summed E-state index contributed by atoms with van der Waals surface area (Å²) in [5.74, 6) is 0.600. The highest BCUT2D eigenvalue weighted by atomic mass is 16.5. The number of anilines is 1. The Morgan fingerprint density at radius 3 is 2.54 bits per heavy atom. The zero-order valence-corrected chi connectivity index (χ0v) is 20.0. The Morgan fingerprint density at radius 1 is 1.06 bits per heavy atom. The minimum atomic E-state index is -0.180. The van der Waals surface area contributed by atoms with Crippen molar-refractivity contribution in [1.29, 1.82) is 0 Å². The lowest BCUT2D eigenvalue weighted by Gasteiger charge is -2.34. The lowest BCUT2D eigenvalue weighted by Crippen LogP contribution is -2.41. The molecule has 1 aliphatic carbocycles. The topological polar surface area (TPSA) is 89.3 Å². The van der Waals surface area contributed by atoms with Gasteiger partial charge in [0.25, 0.3) is 11.5 Å². The van der Waals surface area contributed by atoms with E-state index in [1.165, 1.54) is 19.3 Å². The van der Waals surface area contributed by atoms with Crippen LogP contribution in [0.1, 0.15) is 54.1 Å². The van der Waals surface area contributed by atoms with Gasteiger partial charge in [0.1, 0.15) is 6.10 Å².